The highest BCUT2D eigenvalue weighted by Crippen LogP contribution is 2.38. The Morgan fingerprint density at radius 3 is 2.03 bits per heavy atom. The van der Waals surface area contributed by atoms with E-state index in [4.69, 9.17) is 11.6 Å². The minimum atomic E-state index is 0.196. The molecule has 0 aliphatic heterocycles. The molecule has 2 heterocycles. The van der Waals surface area contributed by atoms with Gasteiger partial charge in [0.15, 0.2) is 11.6 Å². The Hall–Kier alpha value is -3.34. The first-order valence-electron chi connectivity index (χ1n) is 9.57. The molecule has 2 aromatic heterocycles. The Morgan fingerprint density at radius 2 is 1.23 bits per heavy atom. The van der Waals surface area contributed by atoms with Gasteiger partial charge in [-0.25, -0.2) is 4.98 Å². The highest BCUT2D eigenvalue weighted by Gasteiger charge is 2.12. The van der Waals surface area contributed by atoms with Crippen molar-refractivity contribution in [3.63, 3.8) is 0 Å². The predicted octanol–water partition coefficient (Wildman–Crippen LogP) is 7.38. The van der Waals surface area contributed by atoms with Crippen molar-refractivity contribution in [1.29, 1.82) is 0 Å². The number of fused-ring (bicyclic) bond motifs is 4. The summed E-state index contributed by atoms with van der Waals surface area (Å²) >= 11 is 8.02. The normalized spacial score (nSPS) is 11.5. The quantitative estimate of drug-likeness (QED) is 0.291. The Kier molecular flexibility index (Phi) is 4.01. The molecule has 0 fully saturated rings. The molecular weight excluding hydrogens is 410 g/mol. The average Bonchev–Trinajstić information content (AvgIpc) is 3.14. The third kappa shape index (κ3) is 2.93. The van der Waals surface area contributed by atoms with E-state index in [1.165, 1.54) is 30.9 Å². The van der Waals surface area contributed by atoms with Crippen molar-refractivity contribution in [1.82, 2.24) is 15.0 Å². The number of aromatic nitrogens is 3. The second kappa shape index (κ2) is 6.87. The van der Waals surface area contributed by atoms with Crippen LogP contribution >= 0.6 is 22.9 Å². The summed E-state index contributed by atoms with van der Waals surface area (Å²) in [6.07, 6.45) is 0. The van der Waals surface area contributed by atoms with Crippen LogP contribution < -0.4 is 0 Å². The zero-order valence-corrected chi connectivity index (χ0v) is 17.3. The molecular formula is C25H14ClN3S. The van der Waals surface area contributed by atoms with E-state index in [-0.39, 0.29) is 5.28 Å². The number of thiophene rings is 1. The Labute approximate surface area is 181 Å². The molecule has 0 aliphatic carbocycles. The molecule has 5 heteroatoms. The maximum atomic E-state index is 6.23. The van der Waals surface area contributed by atoms with Crippen LogP contribution in [0.3, 0.4) is 0 Å². The lowest BCUT2D eigenvalue weighted by Gasteiger charge is -2.05. The van der Waals surface area contributed by atoms with Gasteiger partial charge in [-0.1, -0.05) is 66.7 Å². The molecule has 0 atom stereocenters. The summed E-state index contributed by atoms with van der Waals surface area (Å²) in [5, 5.41) is 5.23. The Morgan fingerprint density at radius 1 is 0.567 bits per heavy atom. The predicted molar refractivity (Wildman–Crippen MR) is 126 cm³/mol. The minimum absolute atomic E-state index is 0.196. The first kappa shape index (κ1) is 17.5. The molecule has 30 heavy (non-hydrogen) atoms. The minimum Gasteiger partial charge on any atom is -0.208 e. The zero-order valence-electron chi connectivity index (χ0n) is 15.7. The molecule has 6 aromatic rings. The monoisotopic (exact) mass is 423 g/mol. The summed E-state index contributed by atoms with van der Waals surface area (Å²) in [5.74, 6) is 1.16. The lowest BCUT2D eigenvalue weighted by atomic mass is 10.1. The van der Waals surface area contributed by atoms with Crippen LogP contribution in [0.1, 0.15) is 0 Å². The van der Waals surface area contributed by atoms with Crippen molar-refractivity contribution < 1.29 is 0 Å². The van der Waals surface area contributed by atoms with E-state index in [1.807, 2.05) is 30.3 Å². The smallest absolute Gasteiger partial charge is 0.208 e. The molecule has 0 saturated heterocycles. The van der Waals surface area contributed by atoms with Crippen molar-refractivity contribution in [3.8, 4) is 22.8 Å². The Bertz CT molecular complexity index is 1560. The molecule has 0 saturated carbocycles. The van der Waals surface area contributed by atoms with Gasteiger partial charge in [0.1, 0.15) is 0 Å². The number of halogens is 1. The van der Waals surface area contributed by atoms with E-state index >= 15 is 0 Å². The molecule has 0 N–H and O–H groups in total. The van der Waals surface area contributed by atoms with Crippen molar-refractivity contribution in [3.05, 3.63) is 90.2 Å². The fourth-order valence-corrected chi connectivity index (χ4v) is 5.13. The molecule has 0 radical (unpaired) electrons. The number of benzene rings is 4. The second-order valence-corrected chi connectivity index (χ2v) is 8.55. The van der Waals surface area contributed by atoms with Crippen molar-refractivity contribution in [2.75, 3.05) is 0 Å². The van der Waals surface area contributed by atoms with Gasteiger partial charge in [0.25, 0.3) is 0 Å². The lowest BCUT2D eigenvalue weighted by Crippen LogP contribution is -1.96. The van der Waals surface area contributed by atoms with E-state index in [2.05, 4.69) is 69.5 Å². The molecule has 0 spiro atoms. The van der Waals surface area contributed by atoms with Crippen molar-refractivity contribution >= 4 is 53.9 Å². The molecule has 6 rings (SSSR count). The number of hydrogen-bond acceptors (Lipinski definition) is 4. The number of rotatable bonds is 2. The van der Waals surface area contributed by atoms with E-state index in [1.54, 1.807) is 11.3 Å². The van der Waals surface area contributed by atoms with E-state index in [9.17, 15) is 0 Å². The van der Waals surface area contributed by atoms with Crippen molar-refractivity contribution in [2.45, 2.75) is 0 Å². The molecule has 4 aromatic carbocycles. The summed E-state index contributed by atoms with van der Waals surface area (Å²) in [5.41, 5.74) is 1.85. The molecule has 3 nitrogen and oxygen atoms in total. The summed E-state index contributed by atoms with van der Waals surface area (Å²) in [4.78, 5) is 13.4. The highest BCUT2D eigenvalue weighted by atomic mass is 35.5. The summed E-state index contributed by atoms with van der Waals surface area (Å²) in [6.45, 7) is 0. The van der Waals surface area contributed by atoms with Crippen LogP contribution in [0.2, 0.25) is 5.28 Å². The fourth-order valence-electron chi connectivity index (χ4n) is 3.80. The average molecular weight is 424 g/mol. The number of nitrogens with zero attached hydrogens (tertiary/aromatic N) is 3. The maximum Gasteiger partial charge on any atom is 0.226 e. The van der Waals surface area contributed by atoms with Gasteiger partial charge in [0, 0.05) is 31.3 Å². The van der Waals surface area contributed by atoms with Crippen LogP contribution in [0, 0.1) is 0 Å². The standard InChI is InChI=1S/C25H14ClN3S/c26-25-28-23(15-6-2-1-3-7-15)27-24(29-25)18-10-11-19-20-12-16-8-4-5-9-17(16)13-22(20)30-21(19)14-18/h1-14H. The van der Waals surface area contributed by atoms with E-state index in [0.29, 0.717) is 11.6 Å². The Balaban J connectivity index is 1.52. The molecule has 142 valence electrons. The van der Waals surface area contributed by atoms with E-state index < -0.39 is 0 Å². The SMILES string of the molecule is Clc1nc(-c2ccccc2)nc(-c2ccc3c(c2)sc2cc4ccccc4cc23)n1. The van der Waals surface area contributed by atoms with Gasteiger partial charge >= 0.3 is 0 Å². The van der Waals surface area contributed by atoms with Crippen LogP contribution in [0.4, 0.5) is 0 Å². The molecule has 0 unspecified atom stereocenters. The van der Waals surface area contributed by atoms with Gasteiger partial charge in [-0.3, -0.25) is 0 Å². The highest BCUT2D eigenvalue weighted by molar-refractivity contribution is 7.25. The number of hydrogen-bond donors (Lipinski definition) is 0. The van der Waals surface area contributed by atoms with Gasteiger partial charge in [0.2, 0.25) is 5.28 Å². The zero-order chi connectivity index (χ0) is 20.1. The van der Waals surface area contributed by atoms with E-state index in [0.717, 1.165) is 11.1 Å². The molecule has 0 bridgehead atoms. The van der Waals surface area contributed by atoms with Crippen LogP contribution in [0.25, 0.3) is 53.7 Å². The fraction of sp³-hybridized carbons (Fsp3) is 0. The maximum absolute atomic E-state index is 6.23. The van der Waals surface area contributed by atoms with Crippen LogP contribution in [-0.4, -0.2) is 15.0 Å². The second-order valence-electron chi connectivity index (χ2n) is 7.13. The summed E-state index contributed by atoms with van der Waals surface area (Å²) in [6, 6.07) is 29.2. The van der Waals surface area contributed by atoms with Gasteiger partial charge in [-0.05, 0) is 40.6 Å². The van der Waals surface area contributed by atoms with Crippen LogP contribution in [-0.2, 0) is 0 Å². The summed E-state index contributed by atoms with van der Waals surface area (Å²) < 4.78 is 2.48. The van der Waals surface area contributed by atoms with Gasteiger partial charge < -0.3 is 0 Å². The molecule has 0 amide bonds. The van der Waals surface area contributed by atoms with Gasteiger partial charge in [-0.2, -0.15) is 9.97 Å². The third-order valence-corrected chi connectivity index (χ3v) is 6.52. The third-order valence-electron chi connectivity index (χ3n) is 5.24. The lowest BCUT2D eigenvalue weighted by molar-refractivity contribution is 1.07. The largest absolute Gasteiger partial charge is 0.226 e. The first-order chi connectivity index (χ1) is 14.7. The van der Waals surface area contributed by atoms with Crippen molar-refractivity contribution in [2.24, 2.45) is 0 Å². The first-order valence-corrected chi connectivity index (χ1v) is 10.8. The van der Waals surface area contributed by atoms with Crippen LogP contribution in [0.5, 0.6) is 0 Å². The topological polar surface area (TPSA) is 38.7 Å². The van der Waals surface area contributed by atoms with Gasteiger partial charge in [-0.15, -0.1) is 11.3 Å². The molecule has 0 aliphatic rings. The van der Waals surface area contributed by atoms with Crippen LogP contribution in [0.15, 0.2) is 84.9 Å². The van der Waals surface area contributed by atoms with Gasteiger partial charge in [0.05, 0.1) is 0 Å². The summed E-state index contributed by atoms with van der Waals surface area (Å²) in [7, 11) is 0.